The van der Waals surface area contributed by atoms with Crippen molar-refractivity contribution >= 4 is 11.6 Å². The second-order valence-electron chi connectivity index (χ2n) is 3.91. The number of nitrogens with one attached hydrogen (secondary N) is 1. The van der Waals surface area contributed by atoms with E-state index in [2.05, 4.69) is 27.4 Å². The second-order valence-corrected chi connectivity index (χ2v) is 3.91. The average molecular weight is 267 g/mol. The van der Waals surface area contributed by atoms with Gasteiger partial charge in [-0.1, -0.05) is 24.0 Å². The number of rotatable bonds is 3. The standard InChI is InChI=1S/C15H13N3O2/c19-10-4-3-6-12-5-1-2-7-14(12)18-15(20)13-8-9-16-17-11-13/h1-2,5,7-9,11,19H,4,10H2,(H,18,20). The zero-order valence-corrected chi connectivity index (χ0v) is 10.7. The molecule has 1 amide bonds. The zero-order valence-electron chi connectivity index (χ0n) is 10.7. The van der Waals surface area contributed by atoms with E-state index < -0.39 is 0 Å². The Morgan fingerprint density at radius 3 is 2.85 bits per heavy atom. The Labute approximate surface area is 116 Å². The zero-order chi connectivity index (χ0) is 14.2. The van der Waals surface area contributed by atoms with Crippen LogP contribution in [0.25, 0.3) is 0 Å². The van der Waals surface area contributed by atoms with E-state index in [1.807, 2.05) is 18.2 Å². The SMILES string of the molecule is O=C(Nc1ccccc1C#CCCO)c1ccnnc1. The van der Waals surface area contributed by atoms with Crippen LogP contribution in [0.1, 0.15) is 22.3 Å². The predicted molar refractivity (Wildman–Crippen MR) is 75.0 cm³/mol. The number of carbonyl (C=O) groups is 1. The summed E-state index contributed by atoms with van der Waals surface area (Å²) < 4.78 is 0. The van der Waals surface area contributed by atoms with Crippen LogP contribution in [0, 0.1) is 11.8 Å². The largest absolute Gasteiger partial charge is 0.395 e. The van der Waals surface area contributed by atoms with Crippen LogP contribution in [-0.4, -0.2) is 27.8 Å². The fourth-order valence-corrected chi connectivity index (χ4v) is 1.53. The fourth-order valence-electron chi connectivity index (χ4n) is 1.53. The second kappa shape index (κ2) is 7.02. The van der Waals surface area contributed by atoms with Gasteiger partial charge < -0.3 is 10.4 Å². The third-order valence-electron chi connectivity index (χ3n) is 2.48. The number of aliphatic hydroxyl groups excluding tert-OH is 1. The van der Waals surface area contributed by atoms with Gasteiger partial charge in [-0.3, -0.25) is 4.79 Å². The monoisotopic (exact) mass is 267 g/mol. The Balaban J connectivity index is 2.18. The molecule has 0 unspecified atom stereocenters. The number of hydrogen-bond donors (Lipinski definition) is 2. The highest BCUT2D eigenvalue weighted by molar-refractivity contribution is 6.04. The Morgan fingerprint density at radius 1 is 1.25 bits per heavy atom. The van der Waals surface area contributed by atoms with Gasteiger partial charge in [0.25, 0.3) is 5.91 Å². The van der Waals surface area contributed by atoms with E-state index in [-0.39, 0.29) is 12.5 Å². The lowest BCUT2D eigenvalue weighted by Gasteiger charge is -2.06. The number of aromatic nitrogens is 2. The number of para-hydroxylation sites is 1. The van der Waals surface area contributed by atoms with Gasteiger partial charge in [-0.05, 0) is 18.2 Å². The summed E-state index contributed by atoms with van der Waals surface area (Å²) >= 11 is 0. The van der Waals surface area contributed by atoms with E-state index in [0.29, 0.717) is 23.2 Å². The molecule has 1 aromatic heterocycles. The molecule has 1 heterocycles. The quantitative estimate of drug-likeness (QED) is 0.826. The van der Waals surface area contributed by atoms with Crippen molar-refractivity contribution in [2.45, 2.75) is 6.42 Å². The molecule has 5 heteroatoms. The van der Waals surface area contributed by atoms with Crippen molar-refractivity contribution < 1.29 is 9.90 Å². The van der Waals surface area contributed by atoms with Crippen LogP contribution < -0.4 is 5.32 Å². The summed E-state index contributed by atoms with van der Waals surface area (Å²) in [6, 6.07) is 8.83. The highest BCUT2D eigenvalue weighted by atomic mass is 16.2. The number of carbonyl (C=O) groups excluding carboxylic acids is 1. The smallest absolute Gasteiger partial charge is 0.257 e. The molecule has 0 fully saturated rings. The summed E-state index contributed by atoms with van der Waals surface area (Å²) in [7, 11) is 0. The van der Waals surface area contributed by atoms with Crippen LogP contribution >= 0.6 is 0 Å². The first-order chi connectivity index (χ1) is 9.81. The Hall–Kier alpha value is -2.71. The van der Waals surface area contributed by atoms with E-state index in [4.69, 9.17) is 5.11 Å². The molecule has 0 saturated heterocycles. The molecule has 0 aliphatic rings. The van der Waals surface area contributed by atoms with Crippen LogP contribution in [0.3, 0.4) is 0 Å². The first-order valence-corrected chi connectivity index (χ1v) is 6.08. The number of hydrogen-bond acceptors (Lipinski definition) is 4. The van der Waals surface area contributed by atoms with Crippen LogP contribution in [0.5, 0.6) is 0 Å². The highest BCUT2D eigenvalue weighted by Crippen LogP contribution is 2.14. The molecule has 2 N–H and O–H groups in total. The van der Waals surface area contributed by atoms with Gasteiger partial charge in [0.1, 0.15) is 0 Å². The topological polar surface area (TPSA) is 75.1 Å². The van der Waals surface area contributed by atoms with Crippen LogP contribution in [0.4, 0.5) is 5.69 Å². The van der Waals surface area contributed by atoms with Crippen molar-refractivity contribution in [1.29, 1.82) is 0 Å². The molecule has 0 radical (unpaired) electrons. The summed E-state index contributed by atoms with van der Waals surface area (Å²) in [6.45, 7) is 0.0181. The minimum atomic E-state index is -0.267. The van der Waals surface area contributed by atoms with E-state index in [1.54, 1.807) is 12.1 Å². The molecule has 100 valence electrons. The summed E-state index contributed by atoms with van der Waals surface area (Å²) in [5.41, 5.74) is 1.76. The van der Waals surface area contributed by atoms with Crippen molar-refractivity contribution in [1.82, 2.24) is 10.2 Å². The van der Waals surface area contributed by atoms with Gasteiger partial charge in [-0.25, -0.2) is 0 Å². The molecule has 0 aliphatic carbocycles. The normalized spacial score (nSPS) is 9.45. The molecule has 20 heavy (non-hydrogen) atoms. The van der Waals surface area contributed by atoms with Crippen molar-refractivity contribution in [3.8, 4) is 11.8 Å². The number of nitrogens with zero attached hydrogens (tertiary/aromatic N) is 2. The summed E-state index contributed by atoms with van der Waals surface area (Å²) in [5.74, 6) is 5.48. The molecule has 1 aromatic carbocycles. The molecule has 0 saturated carbocycles. The number of amides is 1. The highest BCUT2D eigenvalue weighted by Gasteiger charge is 2.07. The maximum absolute atomic E-state index is 12.0. The van der Waals surface area contributed by atoms with E-state index in [1.165, 1.54) is 12.4 Å². The average Bonchev–Trinajstić information content (AvgIpc) is 2.50. The van der Waals surface area contributed by atoms with E-state index >= 15 is 0 Å². The molecule has 0 bridgehead atoms. The van der Waals surface area contributed by atoms with E-state index in [0.717, 1.165) is 0 Å². The van der Waals surface area contributed by atoms with Crippen molar-refractivity contribution in [3.05, 3.63) is 53.9 Å². The molecule has 0 atom stereocenters. The predicted octanol–water partition coefficient (Wildman–Crippen LogP) is 1.46. The van der Waals surface area contributed by atoms with Crippen molar-refractivity contribution in [2.24, 2.45) is 0 Å². The lowest BCUT2D eigenvalue weighted by Crippen LogP contribution is -2.13. The Kier molecular flexibility index (Phi) is 4.81. The number of benzene rings is 1. The summed E-state index contributed by atoms with van der Waals surface area (Å²) in [4.78, 5) is 12.0. The molecule has 0 spiro atoms. The fraction of sp³-hybridized carbons (Fsp3) is 0.133. The van der Waals surface area contributed by atoms with Gasteiger partial charge in [0.05, 0.1) is 30.3 Å². The van der Waals surface area contributed by atoms with Gasteiger partial charge in [-0.15, -0.1) is 0 Å². The molecular weight excluding hydrogens is 254 g/mol. The lowest BCUT2D eigenvalue weighted by atomic mass is 10.1. The van der Waals surface area contributed by atoms with Gasteiger partial charge in [-0.2, -0.15) is 10.2 Å². The molecular formula is C15H13N3O2. The molecule has 2 aromatic rings. The van der Waals surface area contributed by atoms with Gasteiger partial charge in [0.2, 0.25) is 0 Å². The third kappa shape index (κ3) is 3.64. The van der Waals surface area contributed by atoms with Crippen LogP contribution in [-0.2, 0) is 0 Å². The minimum Gasteiger partial charge on any atom is -0.395 e. The van der Waals surface area contributed by atoms with Crippen LogP contribution in [0.15, 0.2) is 42.7 Å². The Morgan fingerprint density at radius 2 is 2.10 bits per heavy atom. The van der Waals surface area contributed by atoms with Gasteiger partial charge in [0.15, 0.2) is 0 Å². The lowest BCUT2D eigenvalue weighted by molar-refractivity contribution is 0.102. The maximum atomic E-state index is 12.0. The van der Waals surface area contributed by atoms with Gasteiger partial charge in [0, 0.05) is 12.0 Å². The van der Waals surface area contributed by atoms with Gasteiger partial charge >= 0.3 is 0 Å². The number of anilines is 1. The Bertz CT molecular complexity index is 645. The molecule has 2 rings (SSSR count). The molecule has 5 nitrogen and oxygen atoms in total. The minimum absolute atomic E-state index is 0.0181. The van der Waals surface area contributed by atoms with Crippen LogP contribution in [0.2, 0.25) is 0 Å². The number of aliphatic hydroxyl groups is 1. The maximum Gasteiger partial charge on any atom is 0.257 e. The van der Waals surface area contributed by atoms with E-state index in [9.17, 15) is 4.79 Å². The first kappa shape index (κ1) is 13.7. The summed E-state index contributed by atoms with van der Waals surface area (Å²) in [5, 5.41) is 18.8. The molecule has 0 aliphatic heterocycles. The van der Waals surface area contributed by atoms with Crippen molar-refractivity contribution in [3.63, 3.8) is 0 Å². The van der Waals surface area contributed by atoms with Crippen molar-refractivity contribution in [2.75, 3.05) is 11.9 Å². The third-order valence-corrected chi connectivity index (χ3v) is 2.48. The first-order valence-electron chi connectivity index (χ1n) is 6.08. The summed E-state index contributed by atoms with van der Waals surface area (Å²) in [6.07, 6.45) is 3.26.